The zero-order valence-corrected chi connectivity index (χ0v) is 75.5. The van der Waals surface area contributed by atoms with Gasteiger partial charge in [0.15, 0.2) is 11.6 Å². The number of carboxylic acids is 4. The Morgan fingerprint density at radius 1 is 0.433 bits per heavy atom. The van der Waals surface area contributed by atoms with E-state index < -0.39 is 52.6 Å². The molecule has 3 aliphatic heterocycles. The molecule has 26 heteroatoms. The molecule has 2 atom stereocenters. The van der Waals surface area contributed by atoms with Gasteiger partial charge in [-0.2, -0.15) is 0 Å². The maximum Gasteiger partial charge on any atom is 0.408 e. The number of nitrogens with one attached hydrogen (secondary N) is 4. The molecule has 728 valence electrons. The molecule has 8 N–H and O–H groups in total. The molecule has 0 bridgehead atoms. The fraction of sp³-hybridized carbons (Fsp3) is 0.426. The summed E-state index contributed by atoms with van der Waals surface area (Å²) in [6.45, 7) is 16.4. The van der Waals surface area contributed by atoms with Crippen LogP contribution in [-0.4, -0.2) is 152 Å². The van der Waals surface area contributed by atoms with Gasteiger partial charge in [0.25, 0.3) is 17.7 Å². The summed E-state index contributed by atoms with van der Waals surface area (Å²) in [7, 11) is 0. The van der Waals surface area contributed by atoms with Gasteiger partial charge < -0.3 is 60.6 Å². The van der Waals surface area contributed by atoms with E-state index in [1.807, 2.05) is 162 Å². The molecule has 8 aromatic carbocycles. The van der Waals surface area contributed by atoms with E-state index in [-0.39, 0.29) is 104 Å². The van der Waals surface area contributed by atoms with E-state index in [0.717, 1.165) is 161 Å². The molecular weight excluding hydrogens is 1700 g/mol. The molecule has 0 fully saturated rings. The first kappa shape index (κ1) is 119. The van der Waals surface area contributed by atoms with E-state index in [2.05, 4.69) is 76.3 Å². The molecule has 0 saturated carbocycles. The number of fused-ring (bicyclic) bond motifs is 3. The van der Waals surface area contributed by atoms with Crippen LogP contribution < -0.4 is 21.3 Å². The first-order valence-corrected chi connectivity index (χ1v) is 45.0. The fourth-order valence-corrected chi connectivity index (χ4v) is 14.2. The smallest absolute Gasteiger partial charge is 0.408 e. The zero-order chi connectivity index (χ0) is 93.8. The summed E-state index contributed by atoms with van der Waals surface area (Å²) in [5, 5.41) is 47.1. The Labute approximate surface area is 794 Å². The zero-order valence-electron chi connectivity index (χ0n) is 75.5. The highest BCUT2D eigenvalue weighted by molar-refractivity contribution is 6.09. The van der Waals surface area contributed by atoms with Gasteiger partial charge >= 0.3 is 47.9 Å². The molecule has 0 saturated heterocycles. The lowest BCUT2D eigenvalue weighted by atomic mass is 9.86. The van der Waals surface area contributed by atoms with Crippen LogP contribution in [0.4, 0.5) is 4.79 Å². The van der Waals surface area contributed by atoms with Crippen molar-refractivity contribution in [1.82, 2.24) is 21.3 Å². The van der Waals surface area contributed by atoms with Crippen molar-refractivity contribution in [2.24, 2.45) is 15.0 Å². The number of amides is 4. The van der Waals surface area contributed by atoms with Crippen molar-refractivity contribution in [1.29, 1.82) is 0 Å². The first-order valence-electron chi connectivity index (χ1n) is 45.0. The topological polar surface area (TPSA) is 391 Å². The lowest BCUT2D eigenvalue weighted by Gasteiger charge is -2.30. The van der Waals surface area contributed by atoms with E-state index >= 15 is 0 Å². The number of alkyl carbamates (subject to hydrolysis) is 1. The molecule has 0 spiro atoms. The van der Waals surface area contributed by atoms with Crippen LogP contribution in [0.1, 0.15) is 311 Å². The molecule has 134 heavy (non-hydrogen) atoms. The second-order valence-electron chi connectivity index (χ2n) is 31.5. The number of esters is 3. The van der Waals surface area contributed by atoms with Crippen molar-refractivity contribution in [2.75, 3.05) is 19.7 Å². The number of hydrogen-bond acceptors (Lipinski definition) is 18. The number of carboxylic acid groups (broad SMARTS) is 4. The Hall–Kier alpha value is -13.3. The number of hydrogen-bond donors (Lipinski definition) is 8. The van der Waals surface area contributed by atoms with Gasteiger partial charge in [0.1, 0.15) is 36.8 Å². The minimum Gasteiger partial charge on any atom is -0.480 e. The number of unbranched alkanes of at least 4 members (excludes halogenated alkanes) is 8. The minimum absolute atomic E-state index is 0. The number of benzene rings is 8. The summed E-state index contributed by atoms with van der Waals surface area (Å²) in [5.41, 5.74) is 5.57. The van der Waals surface area contributed by atoms with Crippen molar-refractivity contribution >= 4 is 83.3 Å². The average molecular weight is 1850 g/mol. The Morgan fingerprint density at radius 2 is 0.813 bits per heavy atom. The van der Waals surface area contributed by atoms with Crippen LogP contribution in [0.25, 0.3) is 11.1 Å². The van der Waals surface area contributed by atoms with Gasteiger partial charge in [-0.05, 0) is 146 Å². The maximum atomic E-state index is 12.7. The monoisotopic (exact) mass is 1850 g/mol. The molecule has 12 rings (SSSR count). The van der Waals surface area contributed by atoms with Gasteiger partial charge in [0.05, 0.1) is 0 Å². The third kappa shape index (κ3) is 38.5. The highest BCUT2D eigenvalue weighted by Crippen LogP contribution is 2.45. The summed E-state index contributed by atoms with van der Waals surface area (Å²) < 4.78 is 21.1. The predicted molar refractivity (Wildman–Crippen MR) is 533 cm³/mol. The van der Waals surface area contributed by atoms with E-state index in [9.17, 15) is 63.0 Å². The molecule has 8 aromatic rings. The largest absolute Gasteiger partial charge is 0.480 e. The minimum atomic E-state index is -1.27. The summed E-state index contributed by atoms with van der Waals surface area (Å²) in [5.74, 6) is -4.32. The Morgan fingerprint density at radius 3 is 1.21 bits per heavy atom. The van der Waals surface area contributed by atoms with Crippen molar-refractivity contribution in [3.8, 4) is 11.1 Å². The van der Waals surface area contributed by atoms with Crippen molar-refractivity contribution in [3.63, 3.8) is 0 Å². The van der Waals surface area contributed by atoms with Gasteiger partial charge in [0.2, 0.25) is 17.7 Å². The lowest BCUT2D eigenvalue weighted by molar-refractivity contribution is -0.146. The van der Waals surface area contributed by atoms with Crippen LogP contribution in [-0.2, 0) is 52.5 Å². The molecular formula is C108H147N7O19. The molecule has 1 aliphatic carbocycles. The second kappa shape index (κ2) is 64.5. The highest BCUT2D eigenvalue weighted by Gasteiger charge is 2.46. The third-order valence-corrected chi connectivity index (χ3v) is 21.6. The quantitative estimate of drug-likeness (QED) is 0.0131. The SMILES string of the molecule is C.C.C.C.C.CCCCC(CCCC)(NC(=O)OCC1c2ccccc2-c2ccccc21)C(=O)O.CCCCC(CCCC)(NC(=O)c1ccccc1)C(=O)O.CCCCC(NC(=O)c1ccccc1)C(=O)O.CCCCC1(CCCC)N=C(c2ccccc2)OC1=O.CCCCC1N=C(c2ccccc2)OC1=O.O=C(O)CNC(=O)c1ccccc1.O=C1CN=C(c2ccccc2)O1. The molecule has 3 heterocycles. The predicted octanol–water partition coefficient (Wildman–Crippen LogP) is 22.7. The van der Waals surface area contributed by atoms with E-state index in [4.69, 9.17) is 34.2 Å². The fourth-order valence-electron chi connectivity index (χ4n) is 14.2. The number of ether oxygens (including phenoxy) is 4. The normalized spacial score (nSPS) is 13.3. The van der Waals surface area contributed by atoms with E-state index in [1.165, 1.54) is 0 Å². The summed E-state index contributed by atoms with van der Waals surface area (Å²) in [4.78, 5) is 140. The summed E-state index contributed by atoms with van der Waals surface area (Å²) in [6, 6.07) is 69.6. The summed E-state index contributed by atoms with van der Waals surface area (Å²) in [6.07, 6.45) is 18.4. The van der Waals surface area contributed by atoms with E-state index in [0.29, 0.717) is 66.5 Å². The number of nitrogens with zero attached hydrogens (tertiary/aromatic N) is 3. The standard InChI is InChI=1S/C25H31NO4.C17H25NO3.C17H23NO2.C13H17NO3.C13H15NO2.C9H9NO3.C9H7NO2.5CH4/c1-3-5-15-25(23(27)28,16-6-4-2)26-24(29)30-17-22-20-13-9-7-11-18(20)19-12-8-10-14-21(19)22;1-3-5-12-17(16(20)21,13-6-4-2)18-15(19)14-10-8-7-9-11-14;1-3-5-12-17(13-6-4-2)16(19)20-15(18-17)14-10-8-7-9-11-14;1-2-3-9-11(13(16)17)14-12(15)10-7-5-4-6-8-10;1-2-3-9-11-13(15)16-12(14-11)10-7-5-4-6-8-10;11-8(12)6-10-9(13)7-4-2-1-3-5-7;11-8-6-10-9(12-8)7-4-2-1-3-5-7;;;;;/h7-14,22H,3-6,15-17H2,1-2H3,(H,26,29)(H,27,28);7-11H,3-6,12-13H2,1-2H3,(H,18,19)(H,20,21);7-11H,3-6,12-13H2,1-2H3;4-8,11H,2-3,9H2,1H3,(H,14,15)(H,16,17);4-8,11H,2-3,9H2,1H3;1-5H,6H2,(H,10,13)(H,11,12);1-5H,6H2;5*1H4. The van der Waals surface area contributed by atoms with Gasteiger partial charge in [-0.15, -0.1) is 0 Å². The van der Waals surface area contributed by atoms with Gasteiger partial charge in [0, 0.05) is 39.3 Å². The van der Waals surface area contributed by atoms with Gasteiger partial charge in [-0.25, -0.2) is 48.5 Å². The van der Waals surface area contributed by atoms with Crippen LogP contribution in [0.15, 0.2) is 245 Å². The first-order chi connectivity index (χ1) is 62.3. The van der Waals surface area contributed by atoms with Crippen molar-refractivity contribution in [2.45, 2.75) is 281 Å². The third-order valence-electron chi connectivity index (χ3n) is 21.6. The second-order valence-corrected chi connectivity index (χ2v) is 31.5. The Bertz CT molecular complexity index is 4870. The number of carbonyl (C=O) groups excluding carboxylic acids is 7. The molecule has 0 radical (unpaired) electrons. The highest BCUT2D eigenvalue weighted by atomic mass is 16.6. The lowest BCUT2D eigenvalue weighted by Crippen LogP contribution is -2.54. The average Bonchev–Trinajstić information content (AvgIpc) is 1.61. The van der Waals surface area contributed by atoms with Crippen LogP contribution in [0.2, 0.25) is 0 Å². The molecule has 26 nitrogen and oxygen atoms in total. The van der Waals surface area contributed by atoms with Crippen molar-refractivity contribution < 1.29 is 92.1 Å². The van der Waals surface area contributed by atoms with Crippen LogP contribution >= 0.6 is 0 Å². The van der Waals surface area contributed by atoms with Gasteiger partial charge in [-0.1, -0.05) is 353 Å². The van der Waals surface area contributed by atoms with Crippen molar-refractivity contribution in [3.05, 3.63) is 275 Å². The number of rotatable bonds is 40. The molecule has 2 unspecified atom stereocenters. The number of aliphatic carboxylic acids is 4. The molecule has 4 amide bonds. The number of carbonyl (C=O) groups is 11. The Balaban J connectivity index is 0.000000791. The number of cyclic esters (lactones) is 3. The van der Waals surface area contributed by atoms with Crippen LogP contribution in [0, 0.1) is 0 Å². The Kier molecular flexibility index (Phi) is 57.2. The molecule has 0 aromatic heterocycles. The van der Waals surface area contributed by atoms with Crippen LogP contribution in [0.5, 0.6) is 0 Å². The van der Waals surface area contributed by atoms with E-state index in [1.54, 1.807) is 78.9 Å². The van der Waals surface area contributed by atoms with Crippen LogP contribution in [0.3, 0.4) is 0 Å². The number of aliphatic imine (C=N–C) groups is 3. The van der Waals surface area contributed by atoms with Gasteiger partial charge in [-0.3, -0.25) is 19.2 Å². The maximum absolute atomic E-state index is 12.7. The summed E-state index contributed by atoms with van der Waals surface area (Å²) >= 11 is 0. The molecule has 4 aliphatic rings.